The molecule has 17 heavy (non-hydrogen) atoms. The molecule has 0 saturated carbocycles. The van der Waals surface area contributed by atoms with Crippen LogP contribution >= 0.6 is 0 Å². The van der Waals surface area contributed by atoms with Gasteiger partial charge in [0.2, 0.25) is 0 Å². The number of nitrogens with two attached hydrogens (primary N) is 1. The van der Waals surface area contributed by atoms with Gasteiger partial charge in [-0.15, -0.1) is 0 Å². The second kappa shape index (κ2) is 5.05. The first-order valence-electron chi connectivity index (χ1n) is 5.64. The summed E-state index contributed by atoms with van der Waals surface area (Å²) in [5.74, 6) is 0.817. The van der Waals surface area contributed by atoms with Gasteiger partial charge in [0.25, 0.3) is 0 Å². The van der Waals surface area contributed by atoms with Crippen molar-refractivity contribution in [2.24, 2.45) is 5.73 Å². The lowest BCUT2D eigenvalue weighted by Crippen LogP contribution is -2.32. The van der Waals surface area contributed by atoms with Crippen molar-refractivity contribution in [2.45, 2.75) is 6.04 Å². The fourth-order valence-electron chi connectivity index (χ4n) is 1.96. The van der Waals surface area contributed by atoms with Crippen molar-refractivity contribution < 1.29 is 9.53 Å². The molecule has 2 rings (SSSR count). The SMILES string of the molecule is COc1ccc(C2CN(CCN)C(=O)N2)cc1. The van der Waals surface area contributed by atoms with Crippen LogP contribution < -0.4 is 15.8 Å². The highest BCUT2D eigenvalue weighted by Gasteiger charge is 2.28. The summed E-state index contributed by atoms with van der Waals surface area (Å²) in [4.78, 5) is 13.3. The quantitative estimate of drug-likeness (QED) is 0.808. The van der Waals surface area contributed by atoms with Gasteiger partial charge < -0.3 is 20.7 Å². The van der Waals surface area contributed by atoms with Crippen molar-refractivity contribution in [1.82, 2.24) is 10.2 Å². The number of carbonyl (C=O) groups is 1. The molecule has 0 aliphatic carbocycles. The number of benzene rings is 1. The van der Waals surface area contributed by atoms with E-state index in [9.17, 15) is 4.79 Å². The van der Waals surface area contributed by atoms with Crippen molar-refractivity contribution in [1.29, 1.82) is 0 Å². The van der Waals surface area contributed by atoms with Crippen molar-refractivity contribution in [3.63, 3.8) is 0 Å². The van der Waals surface area contributed by atoms with E-state index < -0.39 is 0 Å². The zero-order valence-corrected chi connectivity index (χ0v) is 9.85. The number of hydrogen-bond acceptors (Lipinski definition) is 3. The molecule has 5 nitrogen and oxygen atoms in total. The van der Waals surface area contributed by atoms with Crippen molar-refractivity contribution >= 4 is 6.03 Å². The Balaban J connectivity index is 2.06. The average molecular weight is 235 g/mol. The largest absolute Gasteiger partial charge is 0.497 e. The summed E-state index contributed by atoms with van der Waals surface area (Å²) in [5.41, 5.74) is 6.54. The summed E-state index contributed by atoms with van der Waals surface area (Å²) in [5, 5.41) is 2.93. The van der Waals surface area contributed by atoms with Crippen LogP contribution in [0.4, 0.5) is 4.79 Å². The number of ether oxygens (including phenoxy) is 1. The van der Waals surface area contributed by atoms with Gasteiger partial charge in [-0.2, -0.15) is 0 Å². The first-order valence-corrected chi connectivity index (χ1v) is 5.64. The van der Waals surface area contributed by atoms with Gasteiger partial charge in [-0.3, -0.25) is 0 Å². The zero-order chi connectivity index (χ0) is 12.3. The Morgan fingerprint density at radius 1 is 1.47 bits per heavy atom. The maximum absolute atomic E-state index is 11.6. The number of urea groups is 1. The van der Waals surface area contributed by atoms with E-state index in [1.807, 2.05) is 24.3 Å². The number of methoxy groups -OCH3 is 1. The van der Waals surface area contributed by atoms with Crippen molar-refractivity contribution in [3.8, 4) is 5.75 Å². The molecule has 1 aliphatic heterocycles. The lowest BCUT2D eigenvalue weighted by Gasteiger charge is -2.13. The number of nitrogens with zero attached hydrogens (tertiary/aromatic N) is 1. The molecule has 3 N–H and O–H groups in total. The molecule has 0 spiro atoms. The fourth-order valence-corrected chi connectivity index (χ4v) is 1.96. The molecule has 0 bridgehead atoms. The molecular formula is C12H17N3O2. The van der Waals surface area contributed by atoms with Crippen LogP contribution in [0.1, 0.15) is 11.6 Å². The van der Waals surface area contributed by atoms with Crippen LogP contribution in [0.2, 0.25) is 0 Å². The number of carbonyl (C=O) groups excluding carboxylic acids is 1. The number of rotatable bonds is 4. The molecule has 1 unspecified atom stereocenters. The Labute approximate surface area is 101 Å². The lowest BCUT2D eigenvalue weighted by molar-refractivity contribution is 0.218. The monoisotopic (exact) mass is 235 g/mol. The summed E-state index contributed by atoms with van der Waals surface area (Å²) in [7, 11) is 1.63. The van der Waals surface area contributed by atoms with Crippen LogP contribution in [0.15, 0.2) is 24.3 Å². The molecule has 5 heteroatoms. The second-order valence-electron chi connectivity index (χ2n) is 4.01. The molecule has 1 aliphatic rings. The topological polar surface area (TPSA) is 67.6 Å². The third-order valence-electron chi connectivity index (χ3n) is 2.91. The minimum atomic E-state index is -0.0451. The molecule has 1 aromatic carbocycles. The Bertz CT molecular complexity index is 391. The molecule has 1 saturated heterocycles. The van der Waals surface area contributed by atoms with E-state index in [1.54, 1.807) is 12.0 Å². The number of nitrogens with one attached hydrogen (secondary N) is 1. The summed E-state index contributed by atoms with van der Waals surface area (Å²) < 4.78 is 5.10. The molecule has 1 aromatic rings. The Hall–Kier alpha value is -1.75. The number of amides is 2. The molecule has 0 radical (unpaired) electrons. The van der Waals surface area contributed by atoms with E-state index in [-0.39, 0.29) is 12.1 Å². The molecule has 2 amide bonds. The van der Waals surface area contributed by atoms with Crippen LogP contribution in [-0.4, -0.2) is 37.7 Å². The van der Waals surface area contributed by atoms with Crippen LogP contribution in [0.5, 0.6) is 5.75 Å². The first-order chi connectivity index (χ1) is 8.24. The predicted octanol–water partition coefficient (Wildman–Crippen LogP) is 0.720. The summed E-state index contributed by atoms with van der Waals surface area (Å²) in [6.07, 6.45) is 0. The van der Waals surface area contributed by atoms with Crippen molar-refractivity contribution in [3.05, 3.63) is 29.8 Å². The van der Waals surface area contributed by atoms with Gasteiger partial charge in [0.15, 0.2) is 0 Å². The molecule has 1 fully saturated rings. The van der Waals surface area contributed by atoms with Crippen LogP contribution in [-0.2, 0) is 0 Å². The summed E-state index contributed by atoms with van der Waals surface area (Å²) >= 11 is 0. The molecule has 1 heterocycles. The van der Waals surface area contributed by atoms with Gasteiger partial charge in [0.1, 0.15) is 5.75 Å². The Kier molecular flexibility index (Phi) is 3.49. The van der Waals surface area contributed by atoms with Gasteiger partial charge in [-0.05, 0) is 17.7 Å². The molecule has 92 valence electrons. The lowest BCUT2D eigenvalue weighted by atomic mass is 10.1. The normalized spacial score (nSPS) is 19.3. The van der Waals surface area contributed by atoms with Gasteiger partial charge in [0.05, 0.1) is 13.2 Å². The zero-order valence-electron chi connectivity index (χ0n) is 9.85. The highest BCUT2D eigenvalue weighted by molar-refractivity contribution is 5.77. The van der Waals surface area contributed by atoms with E-state index >= 15 is 0 Å². The minimum Gasteiger partial charge on any atom is -0.497 e. The maximum Gasteiger partial charge on any atom is 0.318 e. The smallest absolute Gasteiger partial charge is 0.318 e. The standard InChI is InChI=1S/C12H17N3O2/c1-17-10-4-2-9(3-5-10)11-8-15(7-6-13)12(16)14-11/h2-5,11H,6-8,13H2,1H3,(H,14,16). The van der Waals surface area contributed by atoms with E-state index in [0.717, 1.165) is 11.3 Å². The van der Waals surface area contributed by atoms with Gasteiger partial charge in [-0.25, -0.2) is 4.79 Å². The van der Waals surface area contributed by atoms with Gasteiger partial charge >= 0.3 is 6.03 Å². The highest BCUT2D eigenvalue weighted by Crippen LogP contribution is 2.22. The van der Waals surface area contributed by atoms with E-state index in [4.69, 9.17) is 10.5 Å². The second-order valence-corrected chi connectivity index (χ2v) is 4.01. The predicted molar refractivity (Wildman–Crippen MR) is 64.9 cm³/mol. The van der Waals surface area contributed by atoms with E-state index in [2.05, 4.69) is 5.32 Å². The Morgan fingerprint density at radius 3 is 2.76 bits per heavy atom. The summed E-state index contributed by atoms with van der Waals surface area (Å²) in [6, 6.07) is 7.72. The van der Waals surface area contributed by atoms with E-state index in [1.165, 1.54) is 0 Å². The van der Waals surface area contributed by atoms with E-state index in [0.29, 0.717) is 19.6 Å². The highest BCUT2D eigenvalue weighted by atomic mass is 16.5. The minimum absolute atomic E-state index is 0.0416. The third kappa shape index (κ3) is 2.50. The third-order valence-corrected chi connectivity index (χ3v) is 2.91. The molecular weight excluding hydrogens is 218 g/mol. The van der Waals surface area contributed by atoms with Crippen molar-refractivity contribution in [2.75, 3.05) is 26.7 Å². The molecule has 0 aromatic heterocycles. The first kappa shape index (κ1) is 11.7. The molecule has 1 atom stereocenters. The van der Waals surface area contributed by atoms with Crippen LogP contribution in [0.25, 0.3) is 0 Å². The van der Waals surface area contributed by atoms with Gasteiger partial charge in [-0.1, -0.05) is 12.1 Å². The van der Waals surface area contributed by atoms with Crippen LogP contribution in [0, 0.1) is 0 Å². The Morgan fingerprint density at radius 2 is 2.18 bits per heavy atom. The fraction of sp³-hybridized carbons (Fsp3) is 0.417. The average Bonchev–Trinajstić information content (AvgIpc) is 2.72. The summed E-state index contributed by atoms with van der Waals surface area (Å²) in [6.45, 7) is 1.75. The van der Waals surface area contributed by atoms with Gasteiger partial charge in [0, 0.05) is 19.6 Å². The number of hydrogen-bond donors (Lipinski definition) is 2. The maximum atomic E-state index is 11.6. The van der Waals surface area contributed by atoms with Crippen LogP contribution in [0.3, 0.4) is 0 Å².